The minimum absolute atomic E-state index is 0.0218. The summed E-state index contributed by atoms with van der Waals surface area (Å²) in [6.07, 6.45) is 2.10. The van der Waals surface area contributed by atoms with E-state index in [1.807, 2.05) is 0 Å². The number of nitrogens with zero attached hydrogens (tertiary/aromatic N) is 2. The second-order valence-electron chi connectivity index (χ2n) is 7.17. The van der Waals surface area contributed by atoms with Crippen molar-refractivity contribution >= 4 is 11.9 Å². The predicted molar refractivity (Wildman–Crippen MR) is 81.0 cm³/mol. The molecule has 2 fully saturated rings. The molecule has 0 bridgehead atoms. The topological polar surface area (TPSA) is 82.4 Å². The van der Waals surface area contributed by atoms with E-state index < -0.39 is 11.7 Å². The third kappa shape index (κ3) is 4.70. The highest BCUT2D eigenvalue weighted by Crippen LogP contribution is 2.38. The zero-order valence-corrected chi connectivity index (χ0v) is 13.6. The van der Waals surface area contributed by atoms with E-state index >= 15 is 0 Å². The largest absolute Gasteiger partial charge is 0.444 e. The summed E-state index contributed by atoms with van der Waals surface area (Å²) in [6.45, 7) is 7.19. The molecule has 1 amide bonds. The van der Waals surface area contributed by atoms with Gasteiger partial charge in [-0.05, 0) is 53.1 Å². The number of alkyl carbamates (subject to hydrolysis) is 1. The van der Waals surface area contributed by atoms with Crippen LogP contribution in [0.15, 0.2) is 0 Å². The molecule has 122 valence electrons. The molecule has 6 nitrogen and oxygen atoms in total. The van der Waals surface area contributed by atoms with E-state index in [9.17, 15) is 9.59 Å². The normalized spacial score (nSPS) is 26.1. The summed E-state index contributed by atoms with van der Waals surface area (Å²) in [6, 6.07) is 2.61. The number of ether oxygens (including phenoxy) is 1. The Hall–Kier alpha value is -1.61. The van der Waals surface area contributed by atoms with Crippen LogP contribution in [0.4, 0.5) is 4.79 Å². The number of hydrogen-bond donors (Lipinski definition) is 1. The Morgan fingerprint density at radius 2 is 1.95 bits per heavy atom. The first kappa shape index (κ1) is 16.8. The molecule has 22 heavy (non-hydrogen) atoms. The van der Waals surface area contributed by atoms with Gasteiger partial charge in [-0.25, -0.2) is 4.79 Å². The summed E-state index contributed by atoms with van der Waals surface area (Å²) in [4.78, 5) is 25.9. The summed E-state index contributed by atoms with van der Waals surface area (Å²) < 4.78 is 5.11. The fourth-order valence-corrected chi connectivity index (χ4v) is 2.90. The van der Waals surface area contributed by atoms with Crippen molar-refractivity contribution < 1.29 is 14.3 Å². The number of nitrogens with one attached hydrogen (secondary N) is 1. The maximum atomic E-state index is 12.1. The molecule has 1 aliphatic heterocycles. The van der Waals surface area contributed by atoms with Gasteiger partial charge in [0.2, 0.25) is 0 Å². The highest BCUT2D eigenvalue weighted by atomic mass is 16.6. The maximum absolute atomic E-state index is 12.1. The summed E-state index contributed by atoms with van der Waals surface area (Å²) in [7, 11) is 0. The van der Waals surface area contributed by atoms with Crippen molar-refractivity contribution in [3.63, 3.8) is 0 Å². The van der Waals surface area contributed by atoms with Crippen LogP contribution in [0.3, 0.4) is 0 Å². The fourth-order valence-electron chi connectivity index (χ4n) is 2.90. The van der Waals surface area contributed by atoms with Crippen molar-refractivity contribution in [3.05, 3.63) is 0 Å². The molecule has 6 heteroatoms. The molecule has 0 spiro atoms. The number of likely N-dealkylation sites (tertiary alicyclic amines) is 1. The van der Waals surface area contributed by atoms with Crippen LogP contribution in [0.2, 0.25) is 0 Å². The number of amides is 1. The standard InChI is InChI=1S/C16H25N3O3/c1-16(2,3)22-15(21)18-10-14(20)12-8-13(12)19-6-4-11(9-17)5-7-19/h11-13H,4-8,10H2,1-3H3,(H,18,21). The van der Waals surface area contributed by atoms with Crippen molar-refractivity contribution in [3.8, 4) is 6.07 Å². The zero-order chi connectivity index (χ0) is 16.3. The number of carbonyl (C=O) groups is 2. The van der Waals surface area contributed by atoms with E-state index in [0.717, 1.165) is 32.4 Å². The first-order chi connectivity index (χ1) is 10.3. The number of carbonyl (C=O) groups excluding carboxylic acids is 2. The minimum atomic E-state index is -0.555. The molecule has 0 aromatic heterocycles. The van der Waals surface area contributed by atoms with Gasteiger partial charge in [-0.15, -0.1) is 0 Å². The summed E-state index contributed by atoms with van der Waals surface area (Å²) >= 11 is 0. The molecule has 1 saturated carbocycles. The summed E-state index contributed by atoms with van der Waals surface area (Å²) in [5, 5.41) is 11.4. The lowest BCUT2D eigenvalue weighted by Crippen LogP contribution is -2.38. The second-order valence-corrected chi connectivity index (χ2v) is 7.17. The van der Waals surface area contributed by atoms with Crippen LogP contribution in [0.5, 0.6) is 0 Å². The third-order valence-electron chi connectivity index (χ3n) is 4.16. The zero-order valence-electron chi connectivity index (χ0n) is 13.6. The quantitative estimate of drug-likeness (QED) is 0.855. The number of nitriles is 1. The molecule has 2 aliphatic rings. The number of piperidine rings is 1. The number of ketones is 1. The van der Waals surface area contributed by atoms with Gasteiger partial charge in [-0.3, -0.25) is 9.69 Å². The van der Waals surface area contributed by atoms with E-state index in [0.29, 0.717) is 6.04 Å². The van der Waals surface area contributed by atoms with Crippen LogP contribution < -0.4 is 5.32 Å². The molecule has 0 aromatic rings. The Morgan fingerprint density at radius 1 is 1.32 bits per heavy atom. The Balaban J connectivity index is 1.68. The Kier molecular flexibility index (Phi) is 5.07. The van der Waals surface area contributed by atoms with Gasteiger partial charge in [0, 0.05) is 17.9 Å². The molecule has 1 N–H and O–H groups in total. The lowest BCUT2D eigenvalue weighted by Gasteiger charge is -2.29. The van der Waals surface area contributed by atoms with Crippen LogP contribution in [0, 0.1) is 23.2 Å². The molecule has 1 heterocycles. The van der Waals surface area contributed by atoms with E-state index in [4.69, 9.17) is 10.00 Å². The Labute approximate surface area is 131 Å². The van der Waals surface area contributed by atoms with Crippen LogP contribution in [-0.4, -0.2) is 48.1 Å². The Morgan fingerprint density at radius 3 is 2.50 bits per heavy atom. The fraction of sp³-hybridized carbons (Fsp3) is 0.812. The summed E-state index contributed by atoms with van der Waals surface area (Å²) in [5.41, 5.74) is -0.555. The van der Waals surface area contributed by atoms with E-state index in [-0.39, 0.29) is 24.2 Å². The van der Waals surface area contributed by atoms with Crippen LogP contribution in [0.1, 0.15) is 40.0 Å². The van der Waals surface area contributed by atoms with Gasteiger partial charge in [-0.1, -0.05) is 0 Å². The highest BCUT2D eigenvalue weighted by molar-refractivity contribution is 5.88. The second kappa shape index (κ2) is 6.66. The van der Waals surface area contributed by atoms with Crippen molar-refractivity contribution in [2.75, 3.05) is 19.6 Å². The molecule has 1 aliphatic carbocycles. The average molecular weight is 307 g/mol. The molecule has 0 radical (unpaired) electrons. The molecule has 2 rings (SSSR count). The van der Waals surface area contributed by atoms with Gasteiger partial charge in [0.05, 0.1) is 12.6 Å². The van der Waals surface area contributed by atoms with Crippen molar-refractivity contribution in [2.45, 2.75) is 51.7 Å². The number of hydrogen-bond acceptors (Lipinski definition) is 5. The lowest BCUT2D eigenvalue weighted by atomic mass is 9.98. The van der Waals surface area contributed by atoms with Crippen LogP contribution >= 0.6 is 0 Å². The minimum Gasteiger partial charge on any atom is -0.444 e. The molecule has 0 aromatic carbocycles. The first-order valence-electron chi connectivity index (χ1n) is 7.93. The monoisotopic (exact) mass is 307 g/mol. The maximum Gasteiger partial charge on any atom is 0.408 e. The molecular weight excluding hydrogens is 282 g/mol. The average Bonchev–Trinajstić information content (AvgIpc) is 3.23. The SMILES string of the molecule is CC(C)(C)OC(=O)NCC(=O)C1CC1N1CCC(C#N)CC1. The lowest BCUT2D eigenvalue weighted by molar-refractivity contribution is -0.119. The smallest absolute Gasteiger partial charge is 0.408 e. The van der Waals surface area contributed by atoms with Crippen LogP contribution in [-0.2, 0) is 9.53 Å². The molecular formula is C16H25N3O3. The van der Waals surface area contributed by atoms with Gasteiger partial charge >= 0.3 is 6.09 Å². The van der Waals surface area contributed by atoms with E-state index in [1.165, 1.54) is 0 Å². The first-order valence-corrected chi connectivity index (χ1v) is 7.93. The van der Waals surface area contributed by atoms with E-state index in [1.54, 1.807) is 20.8 Å². The Bertz CT molecular complexity index is 470. The number of Topliss-reactive ketones (excluding diaryl/α,β-unsaturated/α-hetero) is 1. The van der Waals surface area contributed by atoms with Gasteiger partial charge in [0.1, 0.15) is 5.60 Å². The third-order valence-corrected chi connectivity index (χ3v) is 4.16. The predicted octanol–water partition coefficient (Wildman–Crippen LogP) is 1.70. The van der Waals surface area contributed by atoms with Crippen molar-refractivity contribution in [1.82, 2.24) is 10.2 Å². The van der Waals surface area contributed by atoms with Crippen molar-refractivity contribution in [2.24, 2.45) is 11.8 Å². The van der Waals surface area contributed by atoms with Crippen molar-refractivity contribution in [1.29, 1.82) is 5.26 Å². The van der Waals surface area contributed by atoms with Crippen LogP contribution in [0.25, 0.3) is 0 Å². The highest BCUT2D eigenvalue weighted by Gasteiger charge is 2.46. The summed E-state index contributed by atoms with van der Waals surface area (Å²) in [5.74, 6) is 0.254. The molecule has 2 atom stereocenters. The van der Waals surface area contributed by atoms with Gasteiger partial charge in [0.25, 0.3) is 0 Å². The van der Waals surface area contributed by atoms with Gasteiger partial charge in [-0.2, -0.15) is 5.26 Å². The number of rotatable bonds is 4. The van der Waals surface area contributed by atoms with E-state index in [2.05, 4.69) is 16.3 Å². The van der Waals surface area contributed by atoms with Gasteiger partial charge in [0.15, 0.2) is 5.78 Å². The molecule has 2 unspecified atom stereocenters. The molecule has 1 saturated heterocycles. The van der Waals surface area contributed by atoms with Gasteiger partial charge < -0.3 is 10.1 Å².